The van der Waals surface area contributed by atoms with Gasteiger partial charge in [-0.3, -0.25) is 10.4 Å². The lowest BCUT2D eigenvalue weighted by Crippen LogP contribution is -2.27. The van der Waals surface area contributed by atoms with E-state index < -0.39 is 11.7 Å². The molecule has 1 aromatic heterocycles. The van der Waals surface area contributed by atoms with Gasteiger partial charge in [-0.2, -0.15) is 4.98 Å². The molecule has 20 heavy (non-hydrogen) atoms. The molecule has 0 atom stereocenters. The van der Waals surface area contributed by atoms with Crippen molar-refractivity contribution in [3.8, 4) is 0 Å². The third-order valence-electron chi connectivity index (χ3n) is 2.22. The molecule has 0 fully saturated rings. The molecule has 8 heteroatoms. The molecule has 0 bridgehead atoms. The number of ether oxygens (including phenoxy) is 1. The van der Waals surface area contributed by atoms with E-state index in [0.29, 0.717) is 5.58 Å². The SMILES string of the molecule is CC(C)(C)OC(=O)Nc1nc2c(N(O)O)cccc2o1. The number of benzene rings is 1. The van der Waals surface area contributed by atoms with E-state index in [-0.39, 0.29) is 22.4 Å². The van der Waals surface area contributed by atoms with Gasteiger partial charge < -0.3 is 9.15 Å². The number of carbonyl (C=O) groups excluding carboxylic acids is 1. The molecule has 8 nitrogen and oxygen atoms in total. The standard InChI is InChI=1S/C12H15N3O5/c1-12(2,3)20-11(16)14-10-13-9-7(15(17)18)5-4-6-8(9)19-10/h4-6,17-18H,1-3H3,(H,13,14,16). The van der Waals surface area contributed by atoms with Gasteiger partial charge in [-0.25, -0.2) is 10.1 Å². The summed E-state index contributed by atoms with van der Waals surface area (Å²) in [5.41, 5.74) is -0.123. The highest BCUT2D eigenvalue weighted by molar-refractivity contribution is 5.90. The quantitative estimate of drug-likeness (QED) is 0.726. The van der Waals surface area contributed by atoms with Crippen molar-refractivity contribution >= 4 is 28.9 Å². The zero-order valence-electron chi connectivity index (χ0n) is 11.2. The molecule has 0 saturated heterocycles. The van der Waals surface area contributed by atoms with Crippen LogP contribution in [0.25, 0.3) is 11.1 Å². The number of hydrogen-bond acceptors (Lipinski definition) is 7. The van der Waals surface area contributed by atoms with Gasteiger partial charge in [0.1, 0.15) is 16.8 Å². The van der Waals surface area contributed by atoms with Crippen LogP contribution < -0.4 is 10.5 Å². The lowest BCUT2D eigenvalue weighted by Gasteiger charge is -2.18. The van der Waals surface area contributed by atoms with Gasteiger partial charge >= 0.3 is 12.1 Å². The van der Waals surface area contributed by atoms with Crippen LogP contribution in [0.2, 0.25) is 0 Å². The van der Waals surface area contributed by atoms with E-state index in [2.05, 4.69) is 10.3 Å². The Morgan fingerprint density at radius 3 is 2.70 bits per heavy atom. The van der Waals surface area contributed by atoms with Crippen LogP contribution >= 0.6 is 0 Å². The van der Waals surface area contributed by atoms with E-state index in [4.69, 9.17) is 19.6 Å². The molecule has 2 aromatic rings. The van der Waals surface area contributed by atoms with Crippen LogP contribution in [0.15, 0.2) is 22.6 Å². The molecule has 0 aliphatic heterocycles. The van der Waals surface area contributed by atoms with E-state index in [1.807, 2.05) is 0 Å². The van der Waals surface area contributed by atoms with Gasteiger partial charge in [0.2, 0.25) is 0 Å². The number of hydrogen-bond donors (Lipinski definition) is 3. The first-order chi connectivity index (χ1) is 9.26. The first-order valence-electron chi connectivity index (χ1n) is 5.84. The minimum Gasteiger partial charge on any atom is -0.443 e. The Bertz CT molecular complexity index is 630. The molecule has 0 saturated carbocycles. The van der Waals surface area contributed by atoms with E-state index in [1.54, 1.807) is 32.9 Å². The minimum atomic E-state index is -0.713. The van der Waals surface area contributed by atoms with Crippen LogP contribution in [0.4, 0.5) is 16.5 Å². The predicted octanol–water partition coefficient (Wildman–Crippen LogP) is 2.76. The number of oxazole rings is 1. The summed E-state index contributed by atoms with van der Waals surface area (Å²) in [6.45, 7) is 5.18. The number of rotatable bonds is 2. The number of amides is 1. The van der Waals surface area contributed by atoms with Crippen LogP contribution in [0.1, 0.15) is 20.8 Å². The Labute approximate surface area is 114 Å². The molecular weight excluding hydrogens is 266 g/mol. The van der Waals surface area contributed by atoms with Gasteiger partial charge in [0, 0.05) is 0 Å². The number of anilines is 2. The van der Waals surface area contributed by atoms with Gasteiger partial charge in [0.15, 0.2) is 5.58 Å². The van der Waals surface area contributed by atoms with Crippen LogP contribution in [0.5, 0.6) is 0 Å². The summed E-state index contributed by atoms with van der Waals surface area (Å²) in [5, 5.41) is 20.4. The zero-order valence-corrected chi connectivity index (χ0v) is 11.2. The van der Waals surface area contributed by atoms with Crippen molar-refractivity contribution in [2.45, 2.75) is 26.4 Å². The number of aromatic nitrogens is 1. The molecule has 0 radical (unpaired) electrons. The van der Waals surface area contributed by atoms with E-state index in [0.717, 1.165) is 0 Å². The van der Waals surface area contributed by atoms with Crippen molar-refractivity contribution < 1.29 is 24.4 Å². The van der Waals surface area contributed by atoms with Gasteiger partial charge in [-0.1, -0.05) is 6.07 Å². The molecule has 1 aromatic carbocycles. The Morgan fingerprint density at radius 1 is 1.40 bits per heavy atom. The molecular formula is C12H15N3O5. The summed E-state index contributed by atoms with van der Waals surface area (Å²) in [6, 6.07) is 4.47. The van der Waals surface area contributed by atoms with Gasteiger partial charge in [0.25, 0.3) is 0 Å². The van der Waals surface area contributed by atoms with Gasteiger partial charge in [-0.05, 0) is 32.9 Å². The molecule has 1 amide bonds. The Balaban J connectivity index is 2.24. The fourth-order valence-corrected chi connectivity index (χ4v) is 1.54. The summed E-state index contributed by atoms with van der Waals surface area (Å²) in [7, 11) is 0. The first kappa shape index (κ1) is 14.1. The number of nitrogens with one attached hydrogen (secondary N) is 1. The fourth-order valence-electron chi connectivity index (χ4n) is 1.54. The number of para-hydroxylation sites is 1. The monoisotopic (exact) mass is 281 g/mol. The average molecular weight is 281 g/mol. The summed E-state index contributed by atoms with van der Waals surface area (Å²) in [5.74, 6) is 0. The lowest BCUT2D eigenvalue weighted by atomic mass is 10.2. The highest BCUT2D eigenvalue weighted by atomic mass is 16.8. The molecule has 3 N–H and O–H groups in total. The van der Waals surface area contributed by atoms with Crippen LogP contribution in [0, 0.1) is 0 Å². The summed E-state index contributed by atoms with van der Waals surface area (Å²) >= 11 is 0. The highest BCUT2D eigenvalue weighted by Crippen LogP contribution is 2.27. The highest BCUT2D eigenvalue weighted by Gasteiger charge is 2.19. The van der Waals surface area contributed by atoms with Crippen molar-refractivity contribution in [3.05, 3.63) is 18.2 Å². The van der Waals surface area contributed by atoms with Crippen LogP contribution in [-0.2, 0) is 4.74 Å². The smallest absolute Gasteiger partial charge is 0.415 e. The maximum absolute atomic E-state index is 11.6. The number of carbonyl (C=O) groups is 1. The molecule has 2 rings (SSSR count). The third-order valence-corrected chi connectivity index (χ3v) is 2.22. The maximum atomic E-state index is 11.6. The van der Waals surface area contributed by atoms with Gasteiger partial charge in [0.05, 0.1) is 0 Å². The second-order valence-corrected chi connectivity index (χ2v) is 5.06. The zero-order chi connectivity index (χ0) is 14.9. The third kappa shape index (κ3) is 3.16. The molecule has 0 unspecified atom stereocenters. The van der Waals surface area contributed by atoms with Crippen molar-refractivity contribution in [2.24, 2.45) is 0 Å². The molecule has 0 spiro atoms. The second kappa shape index (κ2) is 4.99. The van der Waals surface area contributed by atoms with E-state index in [9.17, 15) is 4.79 Å². The fraction of sp³-hybridized carbons (Fsp3) is 0.333. The van der Waals surface area contributed by atoms with Crippen LogP contribution in [-0.4, -0.2) is 27.1 Å². The molecule has 1 heterocycles. The Morgan fingerprint density at radius 2 is 2.10 bits per heavy atom. The topological polar surface area (TPSA) is 108 Å². The Hall–Kier alpha value is -2.32. The summed E-state index contributed by atoms with van der Waals surface area (Å²) in [4.78, 5) is 15.5. The van der Waals surface area contributed by atoms with Crippen molar-refractivity contribution in [1.82, 2.24) is 4.98 Å². The predicted molar refractivity (Wildman–Crippen MR) is 69.9 cm³/mol. The number of fused-ring (bicyclic) bond motifs is 1. The molecule has 0 aliphatic rings. The van der Waals surface area contributed by atoms with Gasteiger partial charge in [-0.15, -0.1) is 5.23 Å². The van der Waals surface area contributed by atoms with E-state index in [1.165, 1.54) is 6.07 Å². The summed E-state index contributed by atoms with van der Waals surface area (Å²) in [6.07, 6.45) is -0.713. The lowest BCUT2D eigenvalue weighted by molar-refractivity contribution is 0.0299. The molecule has 108 valence electrons. The van der Waals surface area contributed by atoms with Crippen molar-refractivity contribution in [2.75, 3.05) is 10.5 Å². The largest absolute Gasteiger partial charge is 0.443 e. The van der Waals surface area contributed by atoms with Crippen molar-refractivity contribution in [3.63, 3.8) is 0 Å². The van der Waals surface area contributed by atoms with Crippen LogP contribution in [0.3, 0.4) is 0 Å². The first-order valence-corrected chi connectivity index (χ1v) is 5.84. The second-order valence-electron chi connectivity index (χ2n) is 5.06. The van der Waals surface area contributed by atoms with Crippen molar-refractivity contribution in [1.29, 1.82) is 0 Å². The Kier molecular flexibility index (Phi) is 3.51. The minimum absolute atomic E-state index is 0.0310. The average Bonchev–Trinajstić information content (AvgIpc) is 2.67. The summed E-state index contributed by atoms with van der Waals surface area (Å²) < 4.78 is 10.3. The molecule has 0 aliphatic carbocycles. The normalized spacial score (nSPS) is 11.4. The maximum Gasteiger partial charge on any atom is 0.415 e. The number of nitrogens with zero attached hydrogens (tertiary/aromatic N) is 2. The van der Waals surface area contributed by atoms with E-state index >= 15 is 0 Å².